The average molecular weight is 407 g/mol. The number of hydrogen-bond donors (Lipinski definition) is 2. The third-order valence-corrected chi connectivity index (χ3v) is 5.57. The van der Waals surface area contributed by atoms with Gasteiger partial charge < -0.3 is 9.52 Å². The second kappa shape index (κ2) is 5.89. The zero-order chi connectivity index (χ0) is 21.3. The summed E-state index contributed by atoms with van der Waals surface area (Å²) in [5, 5.41) is 22.2. The van der Waals surface area contributed by atoms with E-state index in [1.807, 2.05) is 0 Å². The number of allylic oxidation sites excluding steroid dienone is 1. The third kappa shape index (κ3) is 2.15. The first-order valence-corrected chi connectivity index (χ1v) is 9.02. The number of aliphatic hydroxyl groups excluding tert-OH is 1. The van der Waals surface area contributed by atoms with E-state index in [0.29, 0.717) is 22.4 Å². The van der Waals surface area contributed by atoms with Gasteiger partial charge in [-0.2, -0.15) is 4.57 Å². The van der Waals surface area contributed by atoms with Crippen LogP contribution in [0.25, 0.3) is 5.76 Å². The molecule has 0 saturated carbocycles. The van der Waals surface area contributed by atoms with Crippen LogP contribution in [0.3, 0.4) is 0 Å². The summed E-state index contributed by atoms with van der Waals surface area (Å²) in [6, 6.07) is 9.70. The van der Waals surface area contributed by atoms with E-state index >= 15 is 0 Å². The molecule has 1 unspecified atom stereocenters. The molecule has 2 aromatic heterocycles. The molecule has 0 fully saturated rings. The van der Waals surface area contributed by atoms with Crippen molar-refractivity contribution in [3.63, 3.8) is 0 Å². The summed E-state index contributed by atoms with van der Waals surface area (Å²) >= 11 is 0. The second-order valence-electron chi connectivity index (χ2n) is 7.14. The van der Waals surface area contributed by atoms with Crippen molar-refractivity contribution in [2.75, 3.05) is 0 Å². The van der Waals surface area contributed by atoms with Crippen LogP contribution in [0.2, 0.25) is 0 Å². The molecule has 3 aromatic rings. The minimum atomic E-state index is -0.942. The smallest absolute Gasteiger partial charge is 0.433 e. The average Bonchev–Trinajstić information content (AvgIpc) is 3.34. The van der Waals surface area contributed by atoms with Gasteiger partial charge in [-0.05, 0) is 12.1 Å². The molecule has 1 aliphatic heterocycles. The van der Waals surface area contributed by atoms with Crippen molar-refractivity contribution in [3.05, 3.63) is 95.4 Å². The highest BCUT2D eigenvalue weighted by Gasteiger charge is 2.46. The Balaban J connectivity index is 1.92. The number of benzene rings is 1. The molecule has 0 bridgehead atoms. The Morgan fingerprint density at radius 2 is 1.80 bits per heavy atom. The zero-order valence-corrected chi connectivity index (χ0v) is 15.9. The number of furan rings is 1. The van der Waals surface area contributed by atoms with Crippen molar-refractivity contribution in [2.24, 2.45) is 14.1 Å². The number of rotatable bonds is 2. The van der Waals surface area contributed by atoms with Gasteiger partial charge in [-0.1, -0.05) is 18.2 Å². The highest BCUT2D eigenvalue weighted by Crippen LogP contribution is 2.44. The predicted octanol–water partition coefficient (Wildman–Crippen LogP) is 0.215. The Hall–Kier alpha value is -4.21. The van der Waals surface area contributed by atoms with Crippen LogP contribution in [-0.2, 0) is 14.1 Å². The lowest BCUT2D eigenvalue weighted by atomic mass is 9.85. The van der Waals surface area contributed by atoms with Crippen molar-refractivity contribution in [1.29, 1.82) is 0 Å². The van der Waals surface area contributed by atoms with Gasteiger partial charge in [0.25, 0.3) is 11.4 Å². The van der Waals surface area contributed by atoms with E-state index in [9.17, 15) is 24.8 Å². The van der Waals surface area contributed by atoms with E-state index in [4.69, 9.17) is 4.42 Å². The summed E-state index contributed by atoms with van der Waals surface area (Å²) in [5.74, 6) is -1.12. The second-order valence-corrected chi connectivity index (χ2v) is 7.14. The fraction of sp³-hybridized carbons (Fsp3) is 0.150. The molecule has 10 nitrogen and oxygen atoms in total. The van der Waals surface area contributed by atoms with Gasteiger partial charge in [0.1, 0.15) is 27.7 Å². The van der Waals surface area contributed by atoms with Crippen molar-refractivity contribution >= 4 is 23.2 Å². The topological polar surface area (TPSA) is 134 Å². The summed E-state index contributed by atoms with van der Waals surface area (Å²) in [7, 11) is 2.87. The van der Waals surface area contributed by atoms with Gasteiger partial charge in [-0.25, -0.2) is 14.4 Å². The van der Waals surface area contributed by atoms with Crippen molar-refractivity contribution in [2.45, 2.75) is 5.92 Å². The third-order valence-electron chi connectivity index (χ3n) is 5.57. The van der Waals surface area contributed by atoms with E-state index < -0.39 is 28.0 Å². The van der Waals surface area contributed by atoms with Gasteiger partial charge in [-0.15, -0.1) is 0 Å². The van der Waals surface area contributed by atoms with Crippen LogP contribution < -0.4 is 16.2 Å². The maximum Gasteiger partial charge on any atom is 0.433 e. The van der Waals surface area contributed by atoms with Gasteiger partial charge >= 0.3 is 11.6 Å². The van der Waals surface area contributed by atoms with Crippen LogP contribution in [-0.4, -0.2) is 24.9 Å². The van der Waals surface area contributed by atoms with Crippen LogP contribution in [0.15, 0.2) is 56.0 Å². The molecule has 1 aromatic carbocycles. The van der Waals surface area contributed by atoms with Crippen LogP contribution >= 0.6 is 0 Å². The molecule has 2 N–H and O–H groups in total. The quantitative estimate of drug-likeness (QED) is 0.461. The molecule has 0 radical (unpaired) electrons. The highest BCUT2D eigenvalue weighted by atomic mass is 16.6. The van der Waals surface area contributed by atoms with Crippen molar-refractivity contribution in [3.8, 4) is 0 Å². The number of nitro groups is 1. The van der Waals surface area contributed by atoms with E-state index in [0.717, 1.165) is 4.57 Å². The molecule has 5 rings (SSSR count). The SMILES string of the molecule is Cn1c2c(c(=O)n(C)c1=O)C(c1ccc([N+](=O)[O-])o1)C1=C(O)c3ccccc3C1=[NH+]2. The lowest BCUT2D eigenvalue weighted by Gasteiger charge is -2.21. The van der Waals surface area contributed by atoms with E-state index in [2.05, 4.69) is 4.99 Å². The standard InChI is InChI=1S/C20H14N4O6/c1-22-18-15(19(26)23(2)20(22)27)13(11-7-8-12(30-11)24(28)29)14-16(21-18)9-5-3-4-6-10(9)17(14)25/h3-8,13,25H,1-2H3/p+1. The largest absolute Gasteiger partial charge is 0.507 e. The minimum Gasteiger partial charge on any atom is -0.507 e. The number of nitrogens with one attached hydrogen (secondary N) is 1. The van der Waals surface area contributed by atoms with Gasteiger partial charge in [0, 0.05) is 18.2 Å². The lowest BCUT2D eigenvalue weighted by Crippen LogP contribution is -2.73. The fourth-order valence-corrected chi connectivity index (χ4v) is 4.16. The maximum atomic E-state index is 13.1. The van der Waals surface area contributed by atoms with Gasteiger partial charge in [-0.3, -0.25) is 14.9 Å². The molecule has 2 aliphatic rings. The normalized spacial score (nSPS) is 16.7. The Bertz CT molecular complexity index is 1450. The zero-order valence-electron chi connectivity index (χ0n) is 15.9. The fourth-order valence-electron chi connectivity index (χ4n) is 4.16. The first-order chi connectivity index (χ1) is 14.3. The number of hydrogen-bond acceptors (Lipinski definition) is 6. The molecule has 0 spiro atoms. The Morgan fingerprint density at radius 1 is 1.10 bits per heavy atom. The Morgan fingerprint density at radius 3 is 2.47 bits per heavy atom. The first kappa shape index (κ1) is 17.9. The van der Waals surface area contributed by atoms with E-state index in [-0.39, 0.29) is 22.9 Å². The molecule has 30 heavy (non-hydrogen) atoms. The van der Waals surface area contributed by atoms with Gasteiger partial charge in [0.2, 0.25) is 0 Å². The van der Waals surface area contributed by atoms with E-state index in [1.165, 1.54) is 30.8 Å². The summed E-state index contributed by atoms with van der Waals surface area (Å²) in [4.78, 5) is 39.2. The summed E-state index contributed by atoms with van der Waals surface area (Å²) < 4.78 is 7.69. The molecule has 10 heteroatoms. The first-order valence-electron chi connectivity index (χ1n) is 9.02. The van der Waals surface area contributed by atoms with E-state index in [1.54, 1.807) is 24.3 Å². The number of aliphatic hydroxyl groups is 1. The van der Waals surface area contributed by atoms with Crippen LogP contribution in [0, 0.1) is 10.1 Å². The molecule has 150 valence electrons. The minimum absolute atomic E-state index is 0.0568. The molecular weight excluding hydrogens is 392 g/mol. The Kier molecular flexibility index (Phi) is 3.51. The molecule has 1 aliphatic carbocycles. The highest BCUT2D eigenvalue weighted by molar-refractivity contribution is 6.21. The number of fused-ring (bicyclic) bond motifs is 4. The predicted molar refractivity (Wildman–Crippen MR) is 105 cm³/mol. The maximum absolute atomic E-state index is 13.1. The number of aromatic nitrogens is 2. The summed E-state index contributed by atoms with van der Waals surface area (Å²) in [5.41, 5.74) is 1.16. The number of nitrogens with zero attached hydrogens (tertiary/aromatic N) is 3. The molecule has 0 amide bonds. The van der Waals surface area contributed by atoms with Crippen LogP contribution in [0.4, 0.5) is 11.7 Å². The molecule has 0 saturated heterocycles. The van der Waals surface area contributed by atoms with Crippen LogP contribution in [0.5, 0.6) is 0 Å². The monoisotopic (exact) mass is 407 g/mol. The summed E-state index contributed by atoms with van der Waals surface area (Å²) in [6.07, 6.45) is 0. The van der Waals surface area contributed by atoms with Gasteiger partial charge in [0.15, 0.2) is 0 Å². The molecular formula is C20H15N4O6+. The molecule has 3 heterocycles. The van der Waals surface area contributed by atoms with Crippen molar-refractivity contribution < 1.29 is 19.4 Å². The molecule has 1 atom stereocenters. The summed E-state index contributed by atoms with van der Waals surface area (Å²) in [6.45, 7) is 0. The van der Waals surface area contributed by atoms with Crippen molar-refractivity contribution in [1.82, 2.24) is 9.13 Å². The lowest BCUT2D eigenvalue weighted by molar-refractivity contribution is -0.402. The van der Waals surface area contributed by atoms with Gasteiger partial charge in [0.05, 0.1) is 24.6 Å². The van der Waals surface area contributed by atoms with Crippen LogP contribution in [0.1, 0.15) is 28.4 Å². The Labute approximate surface area is 167 Å².